The number of carbonyl (C=O) groups is 1. The second-order valence-electron chi connectivity index (χ2n) is 6.93. The average molecular weight is 374 g/mol. The first-order valence-corrected chi connectivity index (χ1v) is 9.05. The molecule has 0 atom stereocenters. The van der Waals surface area contributed by atoms with Crippen molar-refractivity contribution in [2.24, 2.45) is 0 Å². The maximum Gasteiger partial charge on any atom is 0.274 e. The largest absolute Gasteiger partial charge is 0.342 e. The van der Waals surface area contributed by atoms with Gasteiger partial charge in [0.1, 0.15) is 11.3 Å². The van der Waals surface area contributed by atoms with Gasteiger partial charge in [0.2, 0.25) is 12.2 Å². The molecule has 0 radical (unpaired) electrons. The highest BCUT2D eigenvalue weighted by molar-refractivity contribution is 6.04. The highest BCUT2D eigenvalue weighted by Gasteiger charge is 2.21. The molecule has 1 aliphatic rings. The van der Waals surface area contributed by atoms with Gasteiger partial charge < -0.3 is 15.2 Å². The molecule has 28 heavy (non-hydrogen) atoms. The van der Waals surface area contributed by atoms with Gasteiger partial charge in [0.05, 0.1) is 6.20 Å². The number of hydrogen-bond acceptors (Lipinski definition) is 6. The van der Waals surface area contributed by atoms with Crippen molar-refractivity contribution in [1.82, 2.24) is 24.8 Å². The van der Waals surface area contributed by atoms with E-state index in [1.165, 1.54) is 12.0 Å². The molecule has 0 saturated carbocycles. The van der Waals surface area contributed by atoms with Crippen LogP contribution in [0.15, 0.2) is 53.6 Å². The van der Waals surface area contributed by atoms with E-state index in [1.54, 1.807) is 6.20 Å². The van der Waals surface area contributed by atoms with Gasteiger partial charge >= 0.3 is 0 Å². The molecule has 0 aliphatic carbocycles. The molecule has 4 heterocycles. The lowest BCUT2D eigenvalue weighted by molar-refractivity contribution is 0.102. The van der Waals surface area contributed by atoms with Gasteiger partial charge in [0.25, 0.3) is 5.91 Å². The average Bonchev–Trinajstić information content (AvgIpc) is 3.31. The van der Waals surface area contributed by atoms with Crippen LogP contribution < -0.4 is 10.6 Å². The van der Waals surface area contributed by atoms with Crippen LogP contribution in [0.1, 0.15) is 27.5 Å². The molecule has 0 spiro atoms. The fraction of sp³-hybridized carbons (Fsp3) is 0.200. The van der Waals surface area contributed by atoms with Gasteiger partial charge in [0, 0.05) is 36.5 Å². The number of amides is 1. The first-order chi connectivity index (χ1) is 13.7. The van der Waals surface area contributed by atoms with E-state index < -0.39 is 0 Å². The number of hydrogen-bond donors (Lipinski definition) is 2. The number of imidazole rings is 1. The van der Waals surface area contributed by atoms with Gasteiger partial charge in [-0.05, 0) is 30.2 Å². The Morgan fingerprint density at radius 3 is 2.89 bits per heavy atom. The second-order valence-corrected chi connectivity index (χ2v) is 6.93. The number of nitrogens with one attached hydrogen (secondary N) is 2. The molecule has 140 valence electrons. The van der Waals surface area contributed by atoms with Crippen molar-refractivity contribution in [2.45, 2.75) is 12.8 Å². The number of aryl methyl sites for hydroxylation is 1. The minimum absolute atomic E-state index is 0.218. The third-order valence-electron chi connectivity index (χ3n) is 5.12. The third kappa shape index (κ3) is 2.84. The molecule has 1 aromatic carbocycles. The smallest absolute Gasteiger partial charge is 0.274 e. The van der Waals surface area contributed by atoms with E-state index in [4.69, 9.17) is 4.52 Å². The lowest BCUT2D eigenvalue weighted by atomic mass is 9.95. The molecule has 2 N–H and O–H groups in total. The summed E-state index contributed by atoms with van der Waals surface area (Å²) in [5.74, 6) is 0.741. The molecule has 0 bridgehead atoms. The van der Waals surface area contributed by atoms with Crippen molar-refractivity contribution in [3.63, 3.8) is 0 Å². The highest BCUT2D eigenvalue weighted by atomic mass is 16.5. The van der Waals surface area contributed by atoms with E-state index >= 15 is 0 Å². The van der Waals surface area contributed by atoms with Gasteiger partial charge in [-0.15, -0.1) is 0 Å². The number of carbonyl (C=O) groups excluding carboxylic acids is 1. The molecule has 3 aromatic heterocycles. The summed E-state index contributed by atoms with van der Waals surface area (Å²) in [6, 6.07) is 9.67. The number of aromatic nitrogens is 4. The van der Waals surface area contributed by atoms with Crippen LogP contribution in [0.25, 0.3) is 17.0 Å². The van der Waals surface area contributed by atoms with Gasteiger partial charge in [-0.2, -0.15) is 4.98 Å². The van der Waals surface area contributed by atoms with Gasteiger partial charge in [-0.1, -0.05) is 23.4 Å². The summed E-state index contributed by atoms with van der Waals surface area (Å²) in [6.45, 7) is 3.86. The zero-order valence-electron chi connectivity index (χ0n) is 15.2. The summed E-state index contributed by atoms with van der Waals surface area (Å²) in [5.41, 5.74) is 4.85. The number of rotatable bonds is 4. The van der Waals surface area contributed by atoms with Crippen LogP contribution in [0, 0.1) is 6.92 Å². The fourth-order valence-electron chi connectivity index (χ4n) is 3.31. The standard InChI is InChI=1S/C20H18N6O2/c1-12-2-3-13(19-23-11-28-25-19)6-16(12)24-20(27)17-9-22-18-5-4-14(10-26(17)18)15-7-21-8-15/h2-6,9-11,15,21H,7-8H2,1H3,(H,24,27). The van der Waals surface area contributed by atoms with Crippen molar-refractivity contribution >= 4 is 17.2 Å². The normalized spacial score (nSPS) is 14.2. The first kappa shape index (κ1) is 16.6. The van der Waals surface area contributed by atoms with Crippen LogP contribution in [-0.4, -0.2) is 38.5 Å². The monoisotopic (exact) mass is 374 g/mol. The van der Waals surface area contributed by atoms with Crippen LogP contribution >= 0.6 is 0 Å². The number of pyridine rings is 1. The Hall–Kier alpha value is -3.52. The van der Waals surface area contributed by atoms with Crippen LogP contribution in [0.2, 0.25) is 0 Å². The van der Waals surface area contributed by atoms with Crippen molar-refractivity contribution in [1.29, 1.82) is 0 Å². The fourth-order valence-corrected chi connectivity index (χ4v) is 3.31. The SMILES string of the molecule is Cc1ccc(-c2ncon2)cc1NC(=O)c1cnc2ccc(C3CNC3)cn12. The Morgan fingerprint density at radius 1 is 1.25 bits per heavy atom. The highest BCUT2D eigenvalue weighted by Crippen LogP contribution is 2.24. The van der Waals surface area contributed by atoms with Crippen molar-refractivity contribution in [3.8, 4) is 11.4 Å². The first-order valence-electron chi connectivity index (χ1n) is 9.05. The Bertz CT molecular complexity index is 1160. The van der Waals surface area contributed by atoms with Gasteiger partial charge in [0.15, 0.2) is 0 Å². The van der Waals surface area contributed by atoms with Crippen LogP contribution in [0.5, 0.6) is 0 Å². The van der Waals surface area contributed by atoms with Crippen molar-refractivity contribution in [2.75, 3.05) is 18.4 Å². The van der Waals surface area contributed by atoms with Crippen molar-refractivity contribution in [3.05, 3.63) is 65.9 Å². The van der Waals surface area contributed by atoms with E-state index in [1.807, 2.05) is 41.8 Å². The maximum absolute atomic E-state index is 13.0. The summed E-state index contributed by atoms with van der Waals surface area (Å²) >= 11 is 0. The van der Waals surface area contributed by atoms with E-state index in [9.17, 15) is 4.79 Å². The van der Waals surface area contributed by atoms with Crippen LogP contribution in [0.3, 0.4) is 0 Å². The predicted octanol–water partition coefficient (Wildman–Crippen LogP) is 2.63. The Kier molecular flexibility index (Phi) is 3.91. The van der Waals surface area contributed by atoms with Gasteiger partial charge in [-0.3, -0.25) is 9.20 Å². The molecular formula is C20H18N6O2. The summed E-state index contributed by atoms with van der Waals surface area (Å²) in [7, 11) is 0. The summed E-state index contributed by atoms with van der Waals surface area (Å²) in [5, 5.41) is 10.1. The lowest BCUT2D eigenvalue weighted by Gasteiger charge is -2.27. The number of anilines is 1. The molecular weight excluding hydrogens is 356 g/mol. The third-order valence-corrected chi connectivity index (χ3v) is 5.12. The molecule has 1 saturated heterocycles. The molecule has 1 fully saturated rings. The summed E-state index contributed by atoms with van der Waals surface area (Å²) < 4.78 is 6.66. The van der Waals surface area contributed by atoms with Crippen molar-refractivity contribution < 1.29 is 9.32 Å². The van der Waals surface area contributed by atoms with E-state index in [-0.39, 0.29) is 5.91 Å². The summed E-state index contributed by atoms with van der Waals surface area (Å²) in [4.78, 5) is 21.4. The van der Waals surface area contributed by atoms with Crippen LogP contribution in [-0.2, 0) is 0 Å². The zero-order valence-corrected chi connectivity index (χ0v) is 15.2. The Balaban J connectivity index is 1.46. The second kappa shape index (κ2) is 6.58. The minimum Gasteiger partial charge on any atom is -0.342 e. The van der Waals surface area contributed by atoms with E-state index in [0.717, 1.165) is 29.9 Å². The summed E-state index contributed by atoms with van der Waals surface area (Å²) in [6.07, 6.45) is 4.89. The molecule has 1 amide bonds. The zero-order chi connectivity index (χ0) is 19.1. The maximum atomic E-state index is 13.0. The minimum atomic E-state index is -0.218. The topological polar surface area (TPSA) is 97.4 Å². The number of fused-ring (bicyclic) bond motifs is 1. The number of nitrogens with zero attached hydrogens (tertiary/aromatic N) is 4. The van der Waals surface area contributed by atoms with E-state index in [2.05, 4.69) is 31.8 Å². The molecule has 5 rings (SSSR count). The molecule has 4 aromatic rings. The molecule has 8 nitrogen and oxygen atoms in total. The Labute approximate surface area is 160 Å². The quantitative estimate of drug-likeness (QED) is 0.570. The Morgan fingerprint density at radius 2 is 2.14 bits per heavy atom. The predicted molar refractivity (Wildman–Crippen MR) is 103 cm³/mol. The van der Waals surface area contributed by atoms with Crippen LogP contribution in [0.4, 0.5) is 5.69 Å². The molecule has 8 heteroatoms. The van der Waals surface area contributed by atoms with Gasteiger partial charge in [-0.25, -0.2) is 4.98 Å². The molecule has 0 unspecified atom stereocenters. The number of benzene rings is 1. The lowest BCUT2D eigenvalue weighted by Crippen LogP contribution is -2.39. The molecule has 1 aliphatic heterocycles. The van der Waals surface area contributed by atoms with E-state index in [0.29, 0.717) is 23.1 Å².